The Morgan fingerprint density at radius 2 is 1.69 bits per heavy atom. The molecule has 36 heavy (non-hydrogen) atoms. The third-order valence-electron chi connectivity index (χ3n) is 6.22. The molecular formula is C28H27NO6S. The summed E-state index contributed by atoms with van der Waals surface area (Å²) in [5.74, 6) is 1.50. The highest BCUT2D eigenvalue weighted by Crippen LogP contribution is 2.45. The van der Waals surface area contributed by atoms with Crippen LogP contribution in [0.25, 0.3) is 11.0 Å². The fourth-order valence-electron chi connectivity index (χ4n) is 4.40. The summed E-state index contributed by atoms with van der Waals surface area (Å²) < 4.78 is 52.9. The summed E-state index contributed by atoms with van der Waals surface area (Å²) in [6, 6.07) is 19.6. The minimum atomic E-state index is -3.94. The molecule has 1 aromatic heterocycles. The van der Waals surface area contributed by atoms with E-state index in [1.165, 1.54) is 4.31 Å². The SMILES string of the molecule is C=C1COC(c2ccc(OC)c(OC)c2)c2oc3ccccc3c2N(S(=O)(=O)c2ccc(C)cc2)C1. The minimum absolute atomic E-state index is 0.0609. The summed E-state index contributed by atoms with van der Waals surface area (Å²) in [5.41, 5.74) is 3.32. The first-order valence-electron chi connectivity index (χ1n) is 11.4. The van der Waals surface area contributed by atoms with E-state index in [-0.39, 0.29) is 18.0 Å². The lowest BCUT2D eigenvalue weighted by atomic mass is 10.0. The molecule has 0 fully saturated rings. The Morgan fingerprint density at radius 3 is 2.42 bits per heavy atom. The molecule has 1 atom stereocenters. The Labute approximate surface area is 210 Å². The van der Waals surface area contributed by atoms with Crippen LogP contribution in [-0.4, -0.2) is 35.8 Å². The smallest absolute Gasteiger partial charge is 0.264 e. The molecule has 186 valence electrons. The van der Waals surface area contributed by atoms with E-state index in [0.29, 0.717) is 39.5 Å². The fourth-order valence-corrected chi connectivity index (χ4v) is 5.91. The Bertz CT molecular complexity index is 1540. The van der Waals surface area contributed by atoms with Crippen LogP contribution < -0.4 is 13.8 Å². The number of para-hydroxylation sites is 1. The van der Waals surface area contributed by atoms with E-state index < -0.39 is 16.1 Å². The Morgan fingerprint density at radius 1 is 0.972 bits per heavy atom. The number of rotatable bonds is 5. The third kappa shape index (κ3) is 4.12. The van der Waals surface area contributed by atoms with Gasteiger partial charge in [-0.25, -0.2) is 8.42 Å². The maximum absolute atomic E-state index is 14.0. The molecule has 0 saturated heterocycles. The zero-order chi connectivity index (χ0) is 25.4. The molecule has 2 heterocycles. The standard InChI is InChI=1S/C28H27NO6S/c1-18-9-12-21(13-10-18)36(30,31)29-16-19(2)17-34-27(20-11-14-24(32-3)25(15-20)33-4)28-26(29)22-7-5-6-8-23(22)35-28/h5-15,27H,2,16-17H2,1,3-4H3. The van der Waals surface area contributed by atoms with Crippen molar-refractivity contribution in [1.82, 2.24) is 0 Å². The fraction of sp³-hybridized carbons (Fsp3) is 0.214. The van der Waals surface area contributed by atoms with E-state index in [9.17, 15) is 8.42 Å². The Kier molecular flexibility index (Phi) is 6.24. The van der Waals surface area contributed by atoms with Crippen molar-refractivity contribution in [3.8, 4) is 11.5 Å². The van der Waals surface area contributed by atoms with Gasteiger partial charge in [0.25, 0.3) is 10.0 Å². The van der Waals surface area contributed by atoms with E-state index in [1.54, 1.807) is 44.6 Å². The second kappa shape index (κ2) is 9.37. The van der Waals surface area contributed by atoms with Gasteiger partial charge in [-0.15, -0.1) is 0 Å². The van der Waals surface area contributed by atoms with Crippen LogP contribution in [0.1, 0.15) is 23.0 Å². The molecule has 0 saturated carbocycles. The van der Waals surface area contributed by atoms with Gasteiger partial charge in [-0.2, -0.15) is 0 Å². The monoisotopic (exact) mass is 505 g/mol. The average molecular weight is 506 g/mol. The molecule has 0 bridgehead atoms. The van der Waals surface area contributed by atoms with Gasteiger partial charge in [0.05, 0.1) is 32.3 Å². The first-order valence-corrected chi connectivity index (χ1v) is 12.9. The first kappa shape index (κ1) is 24.0. The van der Waals surface area contributed by atoms with Crippen molar-refractivity contribution < 1.29 is 27.0 Å². The number of benzene rings is 3. The van der Waals surface area contributed by atoms with Gasteiger partial charge in [0, 0.05) is 5.39 Å². The highest BCUT2D eigenvalue weighted by molar-refractivity contribution is 7.92. The molecule has 7 nitrogen and oxygen atoms in total. The Balaban J connectivity index is 1.75. The lowest BCUT2D eigenvalue weighted by molar-refractivity contribution is 0.0819. The summed E-state index contributed by atoms with van der Waals surface area (Å²) in [6.45, 7) is 6.23. The van der Waals surface area contributed by atoms with Gasteiger partial charge in [-0.1, -0.05) is 42.5 Å². The van der Waals surface area contributed by atoms with Crippen LogP contribution in [0.3, 0.4) is 0 Å². The van der Waals surface area contributed by atoms with E-state index in [2.05, 4.69) is 6.58 Å². The number of ether oxygens (including phenoxy) is 3. The molecule has 0 N–H and O–H groups in total. The molecule has 3 aromatic carbocycles. The van der Waals surface area contributed by atoms with Crippen molar-refractivity contribution >= 4 is 26.7 Å². The molecule has 1 aliphatic heterocycles. The van der Waals surface area contributed by atoms with Gasteiger partial charge in [-0.05, 0) is 54.5 Å². The van der Waals surface area contributed by atoms with Crippen LogP contribution in [0.5, 0.6) is 11.5 Å². The minimum Gasteiger partial charge on any atom is -0.493 e. The van der Waals surface area contributed by atoms with Gasteiger partial charge >= 0.3 is 0 Å². The normalized spacial score (nSPS) is 16.4. The van der Waals surface area contributed by atoms with Gasteiger partial charge in [0.2, 0.25) is 0 Å². The average Bonchev–Trinajstić information content (AvgIpc) is 3.24. The van der Waals surface area contributed by atoms with Gasteiger partial charge in [-0.3, -0.25) is 4.31 Å². The highest BCUT2D eigenvalue weighted by atomic mass is 32.2. The highest BCUT2D eigenvalue weighted by Gasteiger charge is 2.36. The molecule has 1 unspecified atom stereocenters. The van der Waals surface area contributed by atoms with E-state index in [1.807, 2.05) is 43.3 Å². The molecule has 4 aromatic rings. The predicted molar refractivity (Wildman–Crippen MR) is 138 cm³/mol. The molecule has 5 rings (SSSR count). The van der Waals surface area contributed by atoms with Crippen LogP contribution in [-0.2, 0) is 14.8 Å². The van der Waals surface area contributed by atoms with Gasteiger partial charge in [0.1, 0.15) is 17.4 Å². The van der Waals surface area contributed by atoms with Gasteiger partial charge < -0.3 is 18.6 Å². The molecule has 0 amide bonds. The number of furan rings is 1. The molecule has 0 spiro atoms. The lowest BCUT2D eigenvalue weighted by Crippen LogP contribution is -2.35. The van der Waals surface area contributed by atoms with Crippen molar-refractivity contribution in [2.75, 3.05) is 31.7 Å². The van der Waals surface area contributed by atoms with Crippen molar-refractivity contribution in [3.63, 3.8) is 0 Å². The van der Waals surface area contributed by atoms with Crippen LogP contribution in [0.15, 0.2) is 88.2 Å². The molecule has 0 aliphatic carbocycles. The second-order valence-corrected chi connectivity index (χ2v) is 10.6. The van der Waals surface area contributed by atoms with Crippen molar-refractivity contribution in [3.05, 3.63) is 95.8 Å². The van der Waals surface area contributed by atoms with Crippen molar-refractivity contribution in [2.45, 2.75) is 17.9 Å². The number of aryl methyl sites for hydroxylation is 1. The molecule has 8 heteroatoms. The molecular weight excluding hydrogens is 478 g/mol. The number of fused-ring (bicyclic) bond motifs is 3. The quantitative estimate of drug-likeness (QED) is 0.327. The lowest BCUT2D eigenvalue weighted by Gasteiger charge is -2.30. The predicted octanol–water partition coefficient (Wildman–Crippen LogP) is 5.63. The summed E-state index contributed by atoms with van der Waals surface area (Å²) in [5, 5.41) is 0.673. The number of methoxy groups -OCH3 is 2. The van der Waals surface area contributed by atoms with Crippen LogP contribution in [0.2, 0.25) is 0 Å². The van der Waals surface area contributed by atoms with E-state index in [4.69, 9.17) is 18.6 Å². The summed E-state index contributed by atoms with van der Waals surface area (Å²) in [6.07, 6.45) is -0.708. The number of sulfonamides is 1. The number of hydrogen-bond acceptors (Lipinski definition) is 6. The first-order chi connectivity index (χ1) is 17.3. The number of nitrogens with zero attached hydrogens (tertiary/aromatic N) is 1. The summed E-state index contributed by atoms with van der Waals surface area (Å²) in [7, 11) is -0.814. The zero-order valence-corrected chi connectivity index (χ0v) is 21.2. The van der Waals surface area contributed by atoms with E-state index >= 15 is 0 Å². The maximum atomic E-state index is 14.0. The number of anilines is 1. The second-order valence-electron chi connectivity index (χ2n) is 8.69. The topological polar surface area (TPSA) is 78.2 Å². The molecule has 0 radical (unpaired) electrons. The van der Waals surface area contributed by atoms with Crippen LogP contribution >= 0.6 is 0 Å². The van der Waals surface area contributed by atoms with Crippen LogP contribution in [0, 0.1) is 6.92 Å². The zero-order valence-electron chi connectivity index (χ0n) is 20.4. The Hall–Kier alpha value is -3.75. The largest absolute Gasteiger partial charge is 0.493 e. The summed E-state index contributed by atoms with van der Waals surface area (Å²) >= 11 is 0. The summed E-state index contributed by atoms with van der Waals surface area (Å²) in [4.78, 5) is 0.196. The molecule has 1 aliphatic rings. The third-order valence-corrected chi connectivity index (χ3v) is 7.98. The van der Waals surface area contributed by atoms with Crippen molar-refractivity contribution in [2.24, 2.45) is 0 Å². The van der Waals surface area contributed by atoms with Crippen LogP contribution in [0.4, 0.5) is 5.69 Å². The van der Waals surface area contributed by atoms with Gasteiger partial charge in [0.15, 0.2) is 17.3 Å². The number of hydrogen-bond donors (Lipinski definition) is 0. The van der Waals surface area contributed by atoms with Crippen molar-refractivity contribution in [1.29, 1.82) is 0 Å². The van der Waals surface area contributed by atoms with E-state index in [0.717, 1.165) is 11.1 Å². The maximum Gasteiger partial charge on any atom is 0.264 e.